The summed E-state index contributed by atoms with van der Waals surface area (Å²) in [4.78, 5) is 12.9. The van der Waals surface area contributed by atoms with Crippen LogP contribution in [0.4, 0.5) is 5.82 Å². The maximum Gasteiger partial charge on any atom is 0.254 e. The zero-order chi connectivity index (χ0) is 22.9. The topological polar surface area (TPSA) is 108 Å². The number of ether oxygens (including phenoxy) is 2. The van der Waals surface area contributed by atoms with Crippen LogP contribution in [0, 0.1) is 0 Å². The second-order valence-corrected chi connectivity index (χ2v) is 11.5. The van der Waals surface area contributed by atoms with E-state index in [4.69, 9.17) is 14.0 Å². The van der Waals surface area contributed by atoms with E-state index in [1.54, 1.807) is 6.07 Å². The highest BCUT2D eigenvalue weighted by Gasteiger charge is 2.46. The third kappa shape index (κ3) is 4.92. The molecular formula is C22H28N2O6S. The van der Waals surface area contributed by atoms with E-state index in [0.29, 0.717) is 17.9 Å². The maximum atomic E-state index is 13.2. The highest BCUT2D eigenvalue weighted by atomic mass is 32.2. The van der Waals surface area contributed by atoms with Crippen molar-refractivity contribution in [2.45, 2.75) is 64.0 Å². The fraction of sp³-hybridized carbons (Fsp3) is 0.455. The Balaban J connectivity index is 1.72. The number of allylic oxidation sites excluding steroid dienone is 4. The Morgan fingerprint density at radius 1 is 1.19 bits per heavy atom. The van der Waals surface area contributed by atoms with Gasteiger partial charge in [0.05, 0.1) is 0 Å². The van der Waals surface area contributed by atoms with E-state index >= 15 is 0 Å². The third-order valence-corrected chi connectivity index (χ3v) is 7.31. The van der Waals surface area contributed by atoms with Crippen molar-refractivity contribution in [2.75, 3.05) is 5.32 Å². The van der Waals surface area contributed by atoms with Gasteiger partial charge in [0.15, 0.2) is 10.6 Å². The van der Waals surface area contributed by atoms with Crippen molar-refractivity contribution in [3.63, 3.8) is 0 Å². The van der Waals surface area contributed by atoms with Crippen LogP contribution in [0.5, 0.6) is 0 Å². The van der Waals surface area contributed by atoms with Crippen LogP contribution in [-0.2, 0) is 29.5 Å². The molecule has 0 unspecified atom stereocenters. The highest BCUT2D eigenvalue weighted by Crippen LogP contribution is 2.33. The van der Waals surface area contributed by atoms with Gasteiger partial charge in [-0.2, -0.15) is 0 Å². The van der Waals surface area contributed by atoms with E-state index < -0.39 is 25.6 Å². The predicted octanol–water partition coefficient (Wildman–Crippen LogP) is 4.46. The van der Waals surface area contributed by atoms with Gasteiger partial charge in [-0.3, -0.25) is 4.79 Å². The quantitative estimate of drug-likeness (QED) is 0.684. The predicted molar refractivity (Wildman–Crippen MR) is 116 cm³/mol. The summed E-state index contributed by atoms with van der Waals surface area (Å²) < 4.78 is 40.7. The fourth-order valence-electron chi connectivity index (χ4n) is 2.89. The van der Waals surface area contributed by atoms with Crippen molar-refractivity contribution in [2.24, 2.45) is 0 Å². The van der Waals surface area contributed by atoms with Gasteiger partial charge in [0.2, 0.25) is 15.7 Å². The summed E-state index contributed by atoms with van der Waals surface area (Å²) in [5.41, 5.74) is 0.802. The zero-order valence-electron chi connectivity index (χ0n) is 18.4. The first-order valence-electron chi connectivity index (χ1n) is 10.0. The van der Waals surface area contributed by atoms with Crippen LogP contribution in [0.2, 0.25) is 0 Å². The summed E-state index contributed by atoms with van der Waals surface area (Å²) in [6.45, 7) is 8.42. The minimum atomic E-state index is -4.21. The molecular weight excluding hydrogens is 420 g/mol. The Labute approximate surface area is 182 Å². The number of amides is 1. The summed E-state index contributed by atoms with van der Waals surface area (Å²) in [7, 11) is -4.21. The van der Waals surface area contributed by atoms with E-state index in [1.165, 1.54) is 20.1 Å². The molecule has 1 N–H and O–H groups in total. The van der Waals surface area contributed by atoms with Gasteiger partial charge in [-0.15, -0.1) is 0 Å². The molecule has 0 radical (unpaired) electrons. The number of carbonyl (C=O) groups excluding carboxylic acids is 1. The molecule has 2 heterocycles. The Bertz CT molecular complexity index is 1080. The number of hydrogen-bond acceptors (Lipinski definition) is 7. The molecule has 1 amide bonds. The lowest BCUT2D eigenvalue weighted by molar-refractivity contribution is -0.117. The van der Waals surface area contributed by atoms with Crippen molar-refractivity contribution in [1.29, 1.82) is 0 Å². The lowest BCUT2D eigenvalue weighted by Gasteiger charge is -2.26. The molecule has 0 fully saturated rings. The van der Waals surface area contributed by atoms with E-state index in [2.05, 4.69) is 16.5 Å². The van der Waals surface area contributed by atoms with Crippen LogP contribution in [0.1, 0.15) is 59.6 Å². The Hall–Kier alpha value is -2.81. The van der Waals surface area contributed by atoms with Gasteiger partial charge in [0.25, 0.3) is 5.09 Å². The van der Waals surface area contributed by atoms with Crippen LogP contribution < -0.4 is 5.32 Å². The van der Waals surface area contributed by atoms with E-state index in [9.17, 15) is 13.2 Å². The molecule has 9 heteroatoms. The van der Waals surface area contributed by atoms with Gasteiger partial charge in [-0.25, -0.2) is 8.42 Å². The molecule has 8 nitrogen and oxygen atoms in total. The standard InChI is InChI=1S/C22H28N2O6S/c1-21(2,3)17-12-18(24-30-17)23-20(25)22(4,5)31(26,27)19-14-28-13-16(29-19)11-15-9-7-6-8-10-15/h6-7,9,12-14H,8,10-11H2,1-5H3,(H,23,24,25). The molecule has 1 aliphatic heterocycles. The number of sulfone groups is 1. The number of aromatic nitrogens is 1. The van der Waals surface area contributed by atoms with Crippen molar-refractivity contribution >= 4 is 21.6 Å². The van der Waals surface area contributed by atoms with Crippen LogP contribution in [0.25, 0.3) is 0 Å². The Morgan fingerprint density at radius 3 is 2.55 bits per heavy atom. The molecule has 0 saturated heterocycles. The molecule has 0 bridgehead atoms. The summed E-state index contributed by atoms with van der Waals surface area (Å²) >= 11 is 0. The van der Waals surface area contributed by atoms with Crippen molar-refractivity contribution in [3.8, 4) is 0 Å². The Kier molecular flexibility index (Phi) is 6.18. The third-order valence-electron chi connectivity index (χ3n) is 5.07. The number of nitrogens with one attached hydrogen (secondary N) is 1. The zero-order valence-corrected chi connectivity index (χ0v) is 19.2. The molecule has 0 spiro atoms. The molecule has 2 aliphatic rings. The minimum absolute atomic E-state index is 0.144. The normalized spacial score (nSPS) is 17.1. The minimum Gasteiger partial charge on any atom is -0.464 e. The molecule has 31 heavy (non-hydrogen) atoms. The van der Waals surface area contributed by atoms with Gasteiger partial charge >= 0.3 is 0 Å². The molecule has 1 aliphatic carbocycles. The molecule has 168 valence electrons. The largest absolute Gasteiger partial charge is 0.464 e. The summed E-state index contributed by atoms with van der Waals surface area (Å²) in [6, 6.07) is 1.58. The molecule has 0 saturated carbocycles. The van der Waals surface area contributed by atoms with Gasteiger partial charge in [0, 0.05) is 17.9 Å². The first kappa shape index (κ1) is 22.9. The van der Waals surface area contributed by atoms with Gasteiger partial charge in [-0.05, 0) is 26.7 Å². The molecule has 3 rings (SSSR count). The first-order valence-corrected chi connectivity index (χ1v) is 11.5. The number of nitrogens with zero attached hydrogens (tertiary/aromatic N) is 1. The van der Waals surface area contributed by atoms with Crippen molar-refractivity contribution < 1.29 is 27.2 Å². The average molecular weight is 449 g/mol. The number of rotatable bonds is 6. The summed E-state index contributed by atoms with van der Waals surface area (Å²) in [5.74, 6) is 0.315. The molecule has 0 aromatic carbocycles. The number of anilines is 1. The van der Waals surface area contributed by atoms with Crippen LogP contribution in [-0.4, -0.2) is 24.2 Å². The van der Waals surface area contributed by atoms with Crippen LogP contribution >= 0.6 is 0 Å². The van der Waals surface area contributed by atoms with E-state index in [1.807, 2.05) is 32.9 Å². The van der Waals surface area contributed by atoms with Crippen molar-refractivity contribution in [1.82, 2.24) is 5.16 Å². The molecule has 1 aromatic heterocycles. The smallest absolute Gasteiger partial charge is 0.254 e. The average Bonchev–Trinajstić information content (AvgIpc) is 3.18. The number of carbonyl (C=O) groups is 1. The Morgan fingerprint density at radius 2 is 1.94 bits per heavy atom. The van der Waals surface area contributed by atoms with Crippen LogP contribution in [0.3, 0.4) is 0 Å². The SMILES string of the molecule is CC(C)(C)c1cc(NC(=O)C(C)(C)S(=O)(=O)C2=COC=C(CC3=CC=CCC3)O2)no1. The second kappa shape index (κ2) is 8.37. The van der Waals surface area contributed by atoms with Gasteiger partial charge in [-0.1, -0.05) is 49.7 Å². The maximum absolute atomic E-state index is 13.2. The van der Waals surface area contributed by atoms with E-state index in [0.717, 1.165) is 24.7 Å². The van der Waals surface area contributed by atoms with Gasteiger partial charge in [0.1, 0.15) is 24.0 Å². The molecule has 0 atom stereocenters. The van der Waals surface area contributed by atoms with Crippen molar-refractivity contribution in [3.05, 3.63) is 59.0 Å². The number of hydrogen-bond donors (Lipinski definition) is 1. The lowest BCUT2D eigenvalue weighted by Crippen LogP contribution is -2.45. The monoisotopic (exact) mass is 448 g/mol. The summed E-state index contributed by atoms with van der Waals surface area (Å²) in [5, 5.41) is 5.92. The summed E-state index contributed by atoms with van der Waals surface area (Å²) in [6.07, 6.45) is 10.6. The lowest BCUT2D eigenvalue weighted by atomic mass is 9.93. The van der Waals surface area contributed by atoms with E-state index in [-0.39, 0.29) is 11.2 Å². The second-order valence-electron chi connectivity index (χ2n) is 9.02. The first-order chi connectivity index (χ1) is 14.4. The highest BCUT2D eigenvalue weighted by molar-refractivity contribution is 7.97. The van der Waals surface area contributed by atoms with Gasteiger partial charge < -0.3 is 19.3 Å². The molecule has 1 aromatic rings. The fourth-order valence-corrected chi connectivity index (χ4v) is 4.09. The van der Waals surface area contributed by atoms with Crippen LogP contribution in [0.15, 0.2) is 57.8 Å².